The normalized spacial score (nSPS) is 19.4. The molecule has 34 heavy (non-hydrogen) atoms. The van der Waals surface area contributed by atoms with Crippen molar-refractivity contribution in [2.75, 3.05) is 0 Å². The fourth-order valence-electron chi connectivity index (χ4n) is 4.95. The highest BCUT2D eigenvalue weighted by molar-refractivity contribution is 5.75. The van der Waals surface area contributed by atoms with Crippen molar-refractivity contribution in [3.05, 3.63) is 108 Å². The van der Waals surface area contributed by atoms with Gasteiger partial charge in [-0.05, 0) is 54.3 Å². The molecule has 0 saturated carbocycles. The molecule has 1 N–H and O–H groups in total. The van der Waals surface area contributed by atoms with Gasteiger partial charge in [-0.15, -0.1) is 0 Å². The zero-order chi connectivity index (χ0) is 22.7. The summed E-state index contributed by atoms with van der Waals surface area (Å²) in [6.07, 6.45) is 12.6. The first-order valence-electron chi connectivity index (χ1n) is 11.9. The lowest BCUT2D eigenvalue weighted by Gasteiger charge is -2.34. The average Bonchev–Trinajstić information content (AvgIpc) is 3.31. The SMILES string of the molecule is C1=CC2=CC(N(Cc3ccc(-c4ccccn4)cc3)Cc3nc4ccccc4[nH]3)CCC2N=C1. The molecule has 4 aromatic rings. The number of fused-ring (bicyclic) bond motifs is 2. The minimum absolute atomic E-state index is 0.312. The predicted molar refractivity (Wildman–Crippen MR) is 138 cm³/mol. The number of imidazole rings is 1. The van der Waals surface area contributed by atoms with Gasteiger partial charge in [-0.1, -0.05) is 54.6 Å². The van der Waals surface area contributed by atoms with Gasteiger partial charge >= 0.3 is 0 Å². The van der Waals surface area contributed by atoms with Crippen LogP contribution in [0.1, 0.15) is 24.2 Å². The standard InChI is InChI=1S/C29H27N5/c1-2-9-28-27(8-1)32-29(33-28)20-34(24-14-15-26-23(18-24)6-5-17-31-26)19-21-10-12-22(13-11-21)25-7-3-4-16-30-25/h1-13,16-18,24,26H,14-15,19-20H2,(H,32,33). The van der Waals surface area contributed by atoms with Crippen LogP contribution in [0.3, 0.4) is 0 Å². The highest BCUT2D eigenvalue weighted by atomic mass is 15.2. The van der Waals surface area contributed by atoms with E-state index in [1.807, 2.05) is 48.8 Å². The second-order valence-electron chi connectivity index (χ2n) is 9.00. The summed E-state index contributed by atoms with van der Waals surface area (Å²) in [5.41, 5.74) is 6.86. The molecule has 3 heterocycles. The Bertz CT molecular complexity index is 1330. The molecule has 0 saturated heterocycles. The van der Waals surface area contributed by atoms with Crippen LogP contribution in [0, 0.1) is 0 Å². The lowest BCUT2D eigenvalue weighted by molar-refractivity contribution is 0.188. The summed E-state index contributed by atoms with van der Waals surface area (Å²) >= 11 is 0. The van der Waals surface area contributed by atoms with Crippen molar-refractivity contribution < 1.29 is 0 Å². The van der Waals surface area contributed by atoms with Gasteiger partial charge in [-0.2, -0.15) is 0 Å². The van der Waals surface area contributed by atoms with E-state index in [-0.39, 0.29) is 0 Å². The van der Waals surface area contributed by atoms with Crippen LogP contribution in [0.15, 0.2) is 102 Å². The van der Waals surface area contributed by atoms with E-state index < -0.39 is 0 Å². The number of aliphatic imine (C=N–C) groups is 1. The van der Waals surface area contributed by atoms with Gasteiger partial charge in [0.05, 0.1) is 29.3 Å². The molecule has 5 nitrogen and oxygen atoms in total. The molecule has 2 atom stereocenters. The number of rotatable bonds is 6. The second kappa shape index (κ2) is 9.20. The second-order valence-corrected chi connectivity index (χ2v) is 9.00. The summed E-state index contributed by atoms with van der Waals surface area (Å²) in [6.45, 7) is 1.62. The molecular formula is C29H27N5. The number of H-pyrrole nitrogens is 1. The van der Waals surface area contributed by atoms with Crippen LogP contribution in [0.5, 0.6) is 0 Å². The van der Waals surface area contributed by atoms with E-state index in [1.54, 1.807) is 0 Å². The van der Waals surface area contributed by atoms with Gasteiger partial charge in [0.2, 0.25) is 0 Å². The van der Waals surface area contributed by atoms with Crippen molar-refractivity contribution in [3.63, 3.8) is 0 Å². The Kier molecular flexibility index (Phi) is 5.61. The van der Waals surface area contributed by atoms with Crippen molar-refractivity contribution in [2.24, 2.45) is 4.99 Å². The Morgan fingerprint density at radius 1 is 0.912 bits per heavy atom. The van der Waals surface area contributed by atoms with Crippen molar-refractivity contribution in [3.8, 4) is 11.3 Å². The fraction of sp³-hybridized carbons (Fsp3) is 0.207. The van der Waals surface area contributed by atoms with E-state index in [9.17, 15) is 0 Å². The molecule has 2 aromatic carbocycles. The van der Waals surface area contributed by atoms with Crippen molar-refractivity contribution in [1.29, 1.82) is 0 Å². The number of hydrogen-bond donors (Lipinski definition) is 1. The van der Waals surface area contributed by atoms with Crippen molar-refractivity contribution in [2.45, 2.75) is 38.0 Å². The molecule has 0 bridgehead atoms. The first-order chi connectivity index (χ1) is 16.8. The molecule has 0 fully saturated rings. The molecule has 6 rings (SSSR count). The highest BCUT2D eigenvalue weighted by Gasteiger charge is 2.26. The maximum Gasteiger partial charge on any atom is 0.121 e. The van der Waals surface area contributed by atoms with Crippen LogP contribution in [0.4, 0.5) is 0 Å². The maximum absolute atomic E-state index is 4.86. The molecule has 0 spiro atoms. The number of nitrogens with zero attached hydrogens (tertiary/aromatic N) is 4. The predicted octanol–water partition coefficient (Wildman–Crippen LogP) is 5.73. The minimum Gasteiger partial charge on any atom is -0.341 e. The molecular weight excluding hydrogens is 418 g/mol. The van der Waals surface area contributed by atoms with E-state index in [4.69, 9.17) is 4.98 Å². The molecule has 2 aromatic heterocycles. The first-order valence-corrected chi connectivity index (χ1v) is 11.9. The number of nitrogens with one attached hydrogen (secondary N) is 1. The number of dihydropyridines is 1. The monoisotopic (exact) mass is 445 g/mol. The Morgan fingerprint density at radius 3 is 2.65 bits per heavy atom. The number of allylic oxidation sites excluding steroid dienone is 1. The van der Waals surface area contributed by atoms with E-state index in [1.165, 1.54) is 11.1 Å². The number of aromatic nitrogens is 3. The molecule has 2 unspecified atom stereocenters. The maximum atomic E-state index is 4.86. The van der Waals surface area contributed by atoms with Crippen LogP contribution in [-0.4, -0.2) is 38.2 Å². The Labute approximate surface area is 199 Å². The molecule has 2 aliphatic rings. The third-order valence-corrected chi connectivity index (χ3v) is 6.71. The molecule has 1 aliphatic carbocycles. The number of aromatic amines is 1. The minimum atomic E-state index is 0.312. The van der Waals surface area contributed by atoms with E-state index in [2.05, 4.69) is 68.4 Å². The van der Waals surface area contributed by atoms with Crippen LogP contribution in [0.25, 0.3) is 22.3 Å². The number of hydrogen-bond acceptors (Lipinski definition) is 4. The quantitative estimate of drug-likeness (QED) is 0.413. The van der Waals surface area contributed by atoms with Gasteiger partial charge in [-0.25, -0.2) is 4.98 Å². The zero-order valence-corrected chi connectivity index (χ0v) is 19.0. The number of benzene rings is 2. The van der Waals surface area contributed by atoms with Crippen molar-refractivity contribution in [1.82, 2.24) is 19.9 Å². The van der Waals surface area contributed by atoms with E-state index in [0.29, 0.717) is 12.1 Å². The van der Waals surface area contributed by atoms with Gasteiger partial charge in [-0.3, -0.25) is 14.9 Å². The van der Waals surface area contributed by atoms with Crippen LogP contribution in [0.2, 0.25) is 0 Å². The van der Waals surface area contributed by atoms with Crippen molar-refractivity contribution >= 4 is 17.2 Å². The first kappa shape index (κ1) is 20.8. The molecule has 0 radical (unpaired) electrons. The molecule has 1 aliphatic heterocycles. The topological polar surface area (TPSA) is 57.2 Å². The van der Waals surface area contributed by atoms with Crippen LogP contribution < -0.4 is 0 Å². The van der Waals surface area contributed by atoms with Gasteiger partial charge in [0.15, 0.2) is 0 Å². The third kappa shape index (κ3) is 4.35. The summed E-state index contributed by atoms with van der Waals surface area (Å²) in [7, 11) is 0. The Balaban J connectivity index is 1.28. The summed E-state index contributed by atoms with van der Waals surface area (Å²) < 4.78 is 0. The van der Waals surface area contributed by atoms with Crippen LogP contribution >= 0.6 is 0 Å². The molecule has 168 valence electrons. The Morgan fingerprint density at radius 2 is 1.79 bits per heavy atom. The number of pyridine rings is 1. The molecule has 5 heteroatoms. The lowest BCUT2D eigenvalue weighted by Crippen LogP contribution is -2.37. The molecule has 0 amide bonds. The van der Waals surface area contributed by atoms with Gasteiger partial charge in [0.25, 0.3) is 0 Å². The summed E-state index contributed by atoms with van der Waals surface area (Å²) in [6, 6.07) is 23.7. The largest absolute Gasteiger partial charge is 0.341 e. The summed E-state index contributed by atoms with van der Waals surface area (Å²) in [5, 5.41) is 0. The van der Waals surface area contributed by atoms with Gasteiger partial charge in [0.1, 0.15) is 5.82 Å². The van der Waals surface area contributed by atoms with Gasteiger partial charge in [0, 0.05) is 30.6 Å². The highest BCUT2D eigenvalue weighted by Crippen LogP contribution is 2.29. The third-order valence-electron chi connectivity index (χ3n) is 6.71. The Hall–Kier alpha value is -3.83. The fourth-order valence-corrected chi connectivity index (χ4v) is 4.95. The summed E-state index contributed by atoms with van der Waals surface area (Å²) in [5.74, 6) is 1.00. The van der Waals surface area contributed by atoms with E-state index >= 15 is 0 Å². The summed E-state index contributed by atoms with van der Waals surface area (Å²) in [4.78, 5) is 20.0. The van der Waals surface area contributed by atoms with Gasteiger partial charge < -0.3 is 4.98 Å². The average molecular weight is 446 g/mol. The number of para-hydroxylation sites is 2. The van der Waals surface area contributed by atoms with E-state index in [0.717, 1.165) is 54.0 Å². The zero-order valence-electron chi connectivity index (χ0n) is 19.0. The smallest absolute Gasteiger partial charge is 0.121 e. The lowest BCUT2D eigenvalue weighted by atomic mass is 9.89. The van der Waals surface area contributed by atoms with Crippen LogP contribution in [-0.2, 0) is 13.1 Å².